The Bertz CT molecular complexity index is 750. The van der Waals surface area contributed by atoms with E-state index in [0.717, 1.165) is 39.5 Å². The van der Waals surface area contributed by atoms with Gasteiger partial charge in [0.15, 0.2) is 11.5 Å². The molecule has 0 aliphatic carbocycles. The third-order valence-corrected chi connectivity index (χ3v) is 6.06. The average molecular weight is 503 g/mol. The predicted molar refractivity (Wildman–Crippen MR) is 118 cm³/mol. The standard InChI is InChI=1S/C20H26INO4S/c1-6-12(4)22-19(23)17(27-20(22)24)11-14-9-15(21)18(26-13(5)7-2)16(10-14)25-8-3/h9-13H,6-8H2,1-5H3/b17-11+/t12-,13+/m1/s1. The lowest BCUT2D eigenvalue weighted by Crippen LogP contribution is -2.36. The second kappa shape index (κ2) is 9.82. The summed E-state index contributed by atoms with van der Waals surface area (Å²) in [5, 5.41) is -0.211. The van der Waals surface area contributed by atoms with Crippen LogP contribution in [0.25, 0.3) is 6.08 Å². The van der Waals surface area contributed by atoms with E-state index in [9.17, 15) is 9.59 Å². The molecule has 1 aliphatic rings. The van der Waals surface area contributed by atoms with Gasteiger partial charge in [-0.25, -0.2) is 0 Å². The fraction of sp³-hybridized carbons (Fsp3) is 0.500. The molecule has 1 aliphatic heterocycles. The van der Waals surface area contributed by atoms with Gasteiger partial charge in [-0.1, -0.05) is 13.8 Å². The van der Waals surface area contributed by atoms with E-state index in [1.807, 2.05) is 39.8 Å². The van der Waals surface area contributed by atoms with Gasteiger partial charge < -0.3 is 9.47 Å². The Morgan fingerprint density at radius 1 is 1.19 bits per heavy atom. The third-order valence-electron chi connectivity index (χ3n) is 4.38. The monoisotopic (exact) mass is 503 g/mol. The quantitative estimate of drug-likeness (QED) is 0.337. The highest BCUT2D eigenvalue weighted by Gasteiger charge is 2.37. The summed E-state index contributed by atoms with van der Waals surface area (Å²) in [5.74, 6) is 1.14. The lowest BCUT2D eigenvalue weighted by molar-refractivity contribution is -0.124. The normalized spacial score (nSPS) is 18.1. The number of hydrogen-bond acceptors (Lipinski definition) is 5. The lowest BCUT2D eigenvalue weighted by Gasteiger charge is -2.19. The Hall–Kier alpha value is -1.22. The highest BCUT2D eigenvalue weighted by molar-refractivity contribution is 14.1. The van der Waals surface area contributed by atoms with Crippen LogP contribution in [0.5, 0.6) is 11.5 Å². The minimum Gasteiger partial charge on any atom is -0.490 e. The summed E-state index contributed by atoms with van der Waals surface area (Å²) >= 11 is 3.20. The Labute approximate surface area is 179 Å². The van der Waals surface area contributed by atoms with E-state index in [0.29, 0.717) is 17.3 Å². The van der Waals surface area contributed by atoms with Crippen molar-refractivity contribution in [2.45, 2.75) is 59.6 Å². The zero-order valence-corrected chi connectivity index (χ0v) is 19.3. The number of carbonyl (C=O) groups is 2. The van der Waals surface area contributed by atoms with Crippen LogP contribution < -0.4 is 9.47 Å². The molecule has 7 heteroatoms. The molecule has 0 bridgehead atoms. The van der Waals surface area contributed by atoms with Crippen LogP contribution in [0.2, 0.25) is 0 Å². The maximum Gasteiger partial charge on any atom is 0.293 e. The highest BCUT2D eigenvalue weighted by Crippen LogP contribution is 2.38. The zero-order chi connectivity index (χ0) is 20.1. The molecule has 1 heterocycles. The Morgan fingerprint density at radius 2 is 1.89 bits per heavy atom. The fourth-order valence-corrected chi connectivity index (χ4v) is 4.21. The number of amides is 2. The number of benzene rings is 1. The van der Waals surface area contributed by atoms with E-state index in [4.69, 9.17) is 9.47 Å². The summed E-state index contributed by atoms with van der Waals surface area (Å²) < 4.78 is 12.7. The molecule has 2 amide bonds. The molecule has 0 N–H and O–H groups in total. The van der Waals surface area contributed by atoms with Crippen LogP contribution in [0.4, 0.5) is 4.79 Å². The van der Waals surface area contributed by atoms with Gasteiger partial charge in [0, 0.05) is 6.04 Å². The van der Waals surface area contributed by atoms with Crippen molar-refractivity contribution >= 4 is 51.6 Å². The number of nitrogens with zero attached hydrogens (tertiary/aromatic N) is 1. The maximum absolute atomic E-state index is 12.6. The van der Waals surface area contributed by atoms with Gasteiger partial charge in [0.1, 0.15) is 0 Å². The second-order valence-electron chi connectivity index (χ2n) is 6.41. The van der Waals surface area contributed by atoms with Crippen LogP contribution in [-0.2, 0) is 4.79 Å². The van der Waals surface area contributed by atoms with Crippen LogP contribution in [0.1, 0.15) is 53.0 Å². The molecule has 5 nitrogen and oxygen atoms in total. The summed E-state index contributed by atoms with van der Waals surface area (Å²) in [4.78, 5) is 26.6. The van der Waals surface area contributed by atoms with Crippen LogP contribution in [0.15, 0.2) is 17.0 Å². The van der Waals surface area contributed by atoms with Gasteiger partial charge in [-0.15, -0.1) is 0 Å². The first-order chi connectivity index (χ1) is 12.8. The summed E-state index contributed by atoms with van der Waals surface area (Å²) in [5.41, 5.74) is 0.814. The Kier molecular flexibility index (Phi) is 8.03. The number of ether oxygens (including phenoxy) is 2. The van der Waals surface area contributed by atoms with Crippen LogP contribution in [0.3, 0.4) is 0 Å². The largest absolute Gasteiger partial charge is 0.490 e. The molecule has 0 saturated carbocycles. The van der Waals surface area contributed by atoms with Crippen LogP contribution in [0, 0.1) is 3.57 Å². The molecule has 1 aromatic carbocycles. The SMILES string of the molecule is CCOc1cc(/C=C2/SC(=O)N([C@H](C)CC)C2=O)cc(I)c1O[C@@H](C)CC. The topological polar surface area (TPSA) is 55.8 Å². The second-order valence-corrected chi connectivity index (χ2v) is 8.56. The molecular weight excluding hydrogens is 477 g/mol. The van der Waals surface area contributed by atoms with Gasteiger partial charge in [-0.2, -0.15) is 0 Å². The fourth-order valence-electron chi connectivity index (χ4n) is 2.53. The zero-order valence-electron chi connectivity index (χ0n) is 16.4. The Balaban J connectivity index is 2.38. The van der Waals surface area contributed by atoms with Gasteiger partial charge in [-0.3, -0.25) is 14.5 Å². The number of rotatable bonds is 8. The molecular formula is C20H26INO4S. The van der Waals surface area contributed by atoms with E-state index < -0.39 is 0 Å². The van der Waals surface area contributed by atoms with Crippen LogP contribution in [-0.4, -0.2) is 34.8 Å². The number of hydrogen-bond donors (Lipinski definition) is 0. The molecule has 0 radical (unpaired) electrons. The van der Waals surface area contributed by atoms with Gasteiger partial charge >= 0.3 is 0 Å². The number of thioether (sulfide) groups is 1. The molecule has 148 valence electrons. The number of halogens is 1. The number of carbonyl (C=O) groups excluding carboxylic acids is 2. The molecule has 1 fully saturated rings. The highest BCUT2D eigenvalue weighted by atomic mass is 127. The lowest BCUT2D eigenvalue weighted by atomic mass is 10.1. The van der Waals surface area contributed by atoms with Crippen molar-refractivity contribution < 1.29 is 19.1 Å². The first-order valence-electron chi connectivity index (χ1n) is 9.22. The molecule has 2 atom stereocenters. The van der Waals surface area contributed by atoms with Gasteiger partial charge in [0.05, 0.1) is 21.2 Å². The summed E-state index contributed by atoms with van der Waals surface area (Å²) in [6.07, 6.45) is 3.46. The molecule has 27 heavy (non-hydrogen) atoms. The molecule has 0 aromatic heterocycles. The van der Waals surface area contributed by atoms with Crippen molar-refractivity contribution in [3.63, 3.8) is 0 Å². The van der Waals surface area contributed by atoms with Crippen molar-refractivity contribution in [3.05, 3.63) is 26.2 Å². The van der Waals surface area contributed by atoms with E-state index in [-0.39, 0.29) is 23.3 Å². The van der Waals surface area contributed by atoms with Gasteiger partial charge in [-0.05, 0) is 91.7 Å². The summed E-state index contributed by atoms with van der Waals surface area (Å²) in [7, 11) is 0. The molecule has 0 spiro atoms. The van der Waals surface area contributed by atoms with Crippen molar-refractivity contribution in [2.24, 2.45) is 0 Å². The molecule has 0 unspecified atom stereocenters. The molecule has 2 rings (SSSR count). The van der Waals surface area contributed by atoms with E-state index in [1.165, 1.54) is 4.90 Å². The van der Waals surface area contributed by atoms with E-state index in [1.54, 1.807) is 6.08 Å². The third kappa shape index (κ3) is 5.19. The van der Waals surface area contributed by atoms with Crippen molar-refractivity contribution in [2.75, 3.05) is 6.61 Å². The predicted octanol–water partition coefficient (Wildman–Crippen LogP) is 5.70. The minimum atomic E-state index is -0.229. The first-order valence-corrected chi connectivity index (χ1v) is 11.1. The first kappa shape index (κ1) is 22.1. The number of imide groups is 1. The molecule has 1 aromatic rings. The Morgan fingerprint density at radius 3 is 2.48 bits per heavy atom. The summed E-state index contributed by atoms with van der Waals surface area (Å²) in [6.45, 7) is 10.4. The maximum atomic E-state index is 12.6. The van der Waals surface area contributed by atoms with Gasteiger partial charge in [0.25, 0.3) is 11.1 Å². The summed E-state index contributed by atoms with van der Waals surface area (Å²) in [6, 6.07) is 3.70. The van der Waals surface area contributed by atoms with Gasteiger partial charge in [0.2, 0.25) is 0 Å². The van der Waals surface area contributed by atoms with E-state index in [2.05, 4.69) is 29.5 Å². The van der Waals surface area contributed by atoms with Crippen molar-refractivity contribution in [3.8, 4) is 11.5 Å². The van der Waals surface area contributed by atoms with Crippen LogP contribution >= 0.6 is 34.4 Å². The van der Waals surface area contributed by atoms with Crippen molar-refractivity contribution in [1.82, 2.24) is 4.90 Å². The smallest absolute Gasteiger partial charge is 0.293 e. The molecule has 1 saturated heterocycles. The van der Waals surface area contributed by atoms with Crippen molar-refractivity contribution in [1.29, 1.82) is 0 Å². The minimum absolute atomic E-state index is 0.0793. The average Bonchev–Trinajstić information content (AvgIpc) is 2.90. The van der Waals surface area contributed by atoms with E-state index >= 15 is 0 Å².